The van der Waals surface area contributed by atoms with Crippen molar-refractivity contribution in [1.82, 2.24) is 9.80 Å². The zero-order valence-electron chi connectivity index (χ0n) is 12.8. The molecule has 3 amide bonds. The van der Waals surface area contributed by atoms with Crippen molar-refractivity contribution in [1.29, 1.82) is 0 Å². The predicted octanol–water partition coefficient (Wildman–Crippen LogP) is 2.50. The highest BCUT2D eigenvalue weighted by Crippen LogP contribution is 2.40. The molecular formula is C16H19FN2O3. The second-order valence-corrected chi connectivity index (χ2v) is 5.71. The number of aryl methyl sites for hydroxylation is 1. The maximum Gasteiger partial charge on any atom is 0.327 e. The summed E-state index contributed by atoms with van der Waals surface area (Å²) in [5, 5.41) is 0. The fourth-order valence-corrected chi connectivity index (χ4v) is 3.33. The smallest absolute Gasteiger partial charge is 0.327 e. The number of benzene rings is 1. The van der Waals surface area contributed by atoms with Crippen LogP contribution in [0, 0.1) is 5.82 Å². The second-order valence-electron chi connectivity index (χ2n) is 5.71. The van der Waals surface area contributed by atoms with E-state index >= 15 is 0 Å². The molecule has 0 spiro atoms. The Morgan fingerprint density at radius 2 is 2.14 bits per heavy atom. The zero-order valence-corrected chi connectivity index (χ0v) is 12.8. The lowest BCUT2D eigenvalue weighted by Gasteiger charge is -2.23. The maximum atomic E-state index is 13.8. The number of ether oxygens (including phenoxy) is 1. The number of carbonyl (C=O) groups is 2. The van der Waals surface area contributed by atoms with Crippen LogP contribution in [0.5, 0.6) is 5.75 Å². The Kier molecular flexibility index (Phi) is 3.76. The van der Waals surface area contributed by atoms with E-state index in [0.29, 0.717) is 19.4 Å². The summed E-state index contributed by atoms with van der Waals surface area (Å²) in [7, 11) is 1.41. The third-order valence-corrected chi connectivity index (χ3v) is 4.34. The number of fused-ring (bicyclic) bond motifs is 1. The van der Waals surface area contributed by atoms with E-state index in [1.165, 1.54) is 18.1 Å². The van der Waals surface area contributed by atoms with Gasteiger partial charge in [-0.2, -0.15) is 0 Å². The Hall–Kier alpha value is -2.11. The molecule has 1 saturated heterocycles. The maximum absolute atomic E-state index is 13.8. The lowest BCUT2D eigenvalue weighted by atomic mass is 10.1. The minimum absolute atomic E-state index is 0.136. The van der Waals surface area contributed by atoms with Crippen molar-refractivity contribution in [3.05, 3.63) is 29.1 Å². The van der Waals surface area contributed by atoms with E-state index in [-0.39, 0.29) is 30.3 Å². The summed E-state index contributed by atoms with van der Waals surface area (Å²) in [6.45, 7) is 2.68. The highest BCUT2D eigenvalue weighted by atomic mass is 19.1. The van der Waals surface area contributed by atoms with Crippen LogP contribution in [-0.2, 0) is 11.2 Å². The molecular weight excluding hydrogens is 287 g/mol. The van der Waals surface area contributed by atoms with Crippen molar-refractivity contribution in [2.75, 3.05) is 20.2 Å². The van der Waals surface area contributed by atoms with Gasteiger partial charge < -0.3 is 9.64 Å². The predicted molar refractivity (Wildman–Crippen MR) is 78.1 cm³/mol. The summed E-state index contributed by atoms with van der Waals surface area (Å²) >= 11 is 0. The molecule has 1 fully saturated rings. The Morgan fingerprint density at radius 3 is 2.82 bits per heavy atom. The first-order valence-electron chi connectivity index (χ1n) is 7.54. The van der Waals surface area contributed by atoms with E-state index in [0.717, 1.165) is 17.5 Å². The number of amides is 3. The summed E-state index contributed by atoms with van der Waals surface area (Å²) in [5.41, 5.74) is 1.66. The van der Waals surface area contributed by atoms with Crippen LogP contribution in [0.15, 0.2) is 12.1 Å². The molecule has 22 heavy (non-hydrogen) atoms. The molecule has 0 radical (unpaired) electrons. The van der Waals surface area contributed by atoms with Crippen LogP contribution in [0.25, 0.3) is 0 Å². The number of methoxy groups -OCH3 is 1. The lowest BCUT2D eigenvalue weighted by Crippen LogP contribution is -2.35. The Bertz CT molecular complexity index is 632. The summed E-state index contributed by atoms with van der Waals surface area (Å²) in [4.78, 5) is 27.6. The van der Waals surface area contributed by atoms with Crippen LogP contribution in [0.3, 0.4) is 0 Å². The zero-order chi connectivity index (χ0) is 15.9. The van der Waals surface area contributed by atoms with Gasteiger partial charge in [-0.1, -0.05) is 6.92 Å². The highest BCUT2D eigenvalue weighted by molar-refractivity contribution is 6.02. The van der Waals surface area contributed by atoms with Crippen molar-refractivity contribution < 1.29 is 18.7 Å². The Balaban J connectivity index is 1.93. The van der Waals surface area contributed by atoms with Crippen molar-refractivity contribution in [2.45, 2.75) is 32.2 Å². The summed E-state index contributed by atoms with van der Waals surface area (Å²) in [5.74, 6) is -0.441. The molecule has 0 bridgehead atoms. The van der Waals surface area contributed by atoms with Gasteiger partial charge >= 0.3 is 6.03 Å². The van der Waals surface area contributed by atoms with Crippen LogP contribution >= 0.6 is 0 Å². The van der Waals surface area contributed by atoms with Gasteiger partial charge in [-0.3, -0.25) is 9.69 Å². The minimum atomic E-state index is -0.409. The molecule has 1 heterocycles. The number of hydrogen-bond donors (Lipinski definition) is 0. The lowest BCUT2D eigenvalue weighted by molar-refractivity contribution is -0.127. The normalized spacial score (nSPS) is 20.8. The monoisotopic (exact) mass is 306 g/mol. The van der Waals surface area contributed by atoms with Crippen LogP contribution in [0.2, 0.25) is 0 Å². The molecule has 5 nitrogen and oxygen atoms in total. The Morgan fingerprint density at radius 1 is 1.36 bits per heavy atom. The molecule has 2 aliphatic rings. The summed E-state index contributed by atoms with van der Waals surface area (Å²) < 4.78 is 18.8. The molecule has 6 heteroatoms. The van der Waals surface area contributed by atoms with Crippen LogP contribution in [0.1, 0.15) is 36.9 Å². The number of nitrogens with zero attached hydrogens (tertiary/aromatic N) is 2. The molecule has 118 valence electrons. The molecule has 1 aliphatic heterocycles. The van der Waals surface area contributed by atoms with Crippen molar-refractivity contribution in [3.8, 4) is 5.75 Å². The van der Waals surface area contributed by atoms with E-state index in [1.54, 1.807) is 11.0 Å². The SMILES string of the molecule is CCCN1CC(=O)N(C2CCc3cc(F)c(OC)cc32)C1=O. The van der Waals surface area contributed by atoms with E-state index in [1.807, 2.05) is 6.92 Å². The molecule has 3 rings (SSSR count). The third kappa shape index (κ3) is 2.23. The first-order valence-corrected chi connectivity index (χ1v) is 7.54. The van der Waals surface area contributed by atoms with Gasteiger partial charge in [-0.15, -0.1) is 0 Å². The number of halogens is 1. The van der Waals surface area contributed by atoms with Gasteiger partial charge in [0.05, 0.1) is 13.2 Å². The third-order valence-electron chi connectivity index (χ3n) is 4.34. The van der Waals surface area contributed by atoms with Gasteiger partial charge in [-0.25, -0.2) is 9.18 Å². The average molecular weight is 306 g/mol. The van der Waals surface area contributed by atoms with Gasteiger partial charge in [0.15, 0.2) is 11.6 Å². The number of hydrogen-bond acceptors (Lipinski definition) is 3. The highest BCUT2D eigenvalue weighted by Gasteiger charge is 2.43. The Labute approximate surface area is 128 Å². The summed E-state index contributed by atoms with van der Waals surface area (Å²) in [6.07, 6.45) is 2.11. The summed E-state index contributed by atoms with van der Waals surface area (Å²) in [6, 6.07) is 2.51. The number of rotatable bonds is 4. The fraction of sp³-hybridized carbons (Fsp3) is 0.500. The van der Waals surface area contributed by atoms with Crippen LogP contribution in [-0.4, -0.2) is 41.9 Å². The van der Waals surface area contributed by atoms with Gasteiger partial charge in [0, 0.05) is 6.54 Å². The van der Waals surface area contributed by atoms with Crippen molar-refractivity contribution >= 4 is 11.9 Å². The fourth-order valence-electron chi connectivity index (χ4n) is 3.33. The van der Waals surface area contributed by atoms with Crippen molar-refractivity contribution in [2.24, 2.45) is 0 Å². The molecule has 1 unspecified atom stereocenters. The second kappa shape index (κ2) is 5.59. The van der Waals surface area contributed by atoms with E-state index in [9.17, 15) is 14.0 Å². The standard InChI is InChI=1S/C16H19FN2O3/c1-3-6-18-9-15(20)19(16(18)21)13-5-4-10-7-12(17)14(22-2)8-11(10)13/h7-8,13H,3-6,9H2,1-2H3. The first kappa shape index (κ1) is 14.8. The number of urea groups is 1. The molecule has 1 aromatic carbocycles. The molecule has 1 aromatic rings. The molecule has 1 aliphatic carbocycles. The number of imide groups is 1. The molecule has 0 N–H and O–H groups in total. The average Bonchev–Trinajstić information content (AvgIpc) is 2.99. The molecule has 0 aromatic heterocycles. The van der Waals surface area contributed by atoms with Crippen molar-refractivity contribution in [3.63, 3.8) is 0 Å². The minimum Gasteiger partial charge on any atom is -0.494 e. The van der Waals surface area contributed by atoms with E-state index < -0.39 is 5.82 Å². The molecule has 1 atom stereocenters. The van der Waals surface area contributed by atoms with Gasteiger partial charge in [-0.05, 0) is 42.5 Å². The quantitative estimate of drug-likeness (QED) is 0.803. The van der Waals surface area contributed by atoms with E-state index in [4.69, 9.17) is 4.74 Å². The van der Waals surface area contributed by atoms with Crippen LogP contribution < -0.4 is 4.74 Å². The van der Waals surface area contributed by atoms with Gasteiger partial charge in [0.25, 0.3) is 5.91 Å². The van der Waals surface area contributed by atoms with Crippen LogP contribution in [0.4, 0.5) is 9.18 Å². The van der Waals surface area contributed by atoms with Gasteiger partial charge in [0.1, 0.15) is 6.54 Å². The van der Waals surface area contributed by atoms with Gasteiger partial charge in [0.2, 0.25) is 0 Å². The largest absolute Gasteiger partial charge is 0.494 e. The van der Waals surface area contributed by atoms with E-state index in [2.05, 4.69) is 0 Å². The molecule has 0 saturated carbocycles. The first-order chi connectivity index (χ1) is 10.6. The topological polar surface area (TPSA) is 49.9 Å². The number of carbonyl (C=O) groups excluding carboxylic acids is 2.